The number of ketones is 1. The SMILES string of the molecule is CCOC1=CCC(C(=O)C2(c3cc(Br)ccc3Cl)C=CC(OCC)=CC2)(c2cc(Br)ccc2Cl)C=C1. The van der Waals surface area contributed by atoms with Crippen LogP contribution in [0.4, 0.5) is 0 Å². The number of benzene rings is 2. The van der Waals surface area contributed by atoms with Crippen molar-refractivity contribution in [3.05, 3.63) is 114 Å². The molecule has 7 heteroatoms. The Kier molecular flexibility index (Phi) is 8.56. The lowest BCUT2D eigenvalue weighted by Gasteiger charge is -2.42. The van der Waals surface area contributed by atoms with Crippen LogP contribution >= 0.6 is 55.1 Å². The van der Waals surface area contributed by atoms with Crippen molar-refractivity contribution < 1.29 is 14.3 Å². The third kappa shape index (κ3) is 5.13. The highest BCUT2D eigenvalue weighted by molar-refractivity contribution is 9.10. The van der Waals surface area contributed by atoms with Crippen LogP contribution in [0.25, 0.3) is 0 Å². The first-order chi connectivity index (χ1) is 17.3. The molecule has 0 radical (unpaired) electrons. The van der Waals surface area contributed by atoms with E-state index >= 15 is 4.79 Å². The second-order valence-corrected chi connectivity index (χ2v) is 11.3. The normalized spacial score (nSPS) is 23.2. The van der Waals surface area contributed by atoms with Gasteiger partial charge in [-0.25, -0.2) is 0 Å². The van der Waals surface area contributed by atoms with Crippen LogP contribution in [0.5, 0.6) is 0 Å². The molecule has 0 N–H and O–H groups in total. The molecule has 2 aromatic carbocycles. The number of allylic oxidation sites excluding steroid dienone is 6. The van der Waals surface area contributed by atoms with Crippen molar-refractivity contribution in [2.24, 2.45) is 0 Å². The maximum absolute atomic E-state index is 15.1. The maximum atomic E-state index is 15.1. The zero-order chi connectivity index (χ0) is 25.9. The summed E-state index contributed by atoms with van der Waals surface area (Å²) in [4.78, 5) is 15.1. The second-order valence-electron chi connectivity index (χ2n) is 8.67. The molecule has 2 aliphatic carbocycles. The molecule has 188 valence electrons. The molecule has 0 bridgehead atoms. The number of carbonyl (C=O) groups excluding carboxylic acids is 1. The van der Waals surface area contributed by atoms with Crippen molar-refractivity contribution in [1.82, 2.24) is 0 Å². The van der Waals surface area contributed by atoms with Crippen LogP contribution in [0.2, 0.25) is 10.0 Å². The van der Waals surface area contributed by atoms with Gasteiger partial charge in [0.25, 0.3) is 0 Å². The van der Waals surface area contributed by atoms with Crippen LogP contribution in [0.15, 0.2) is 93.3 Å². The fourth-order valence-electron chi connectivity index (χ4n) is 4.85. The summed E-state index contributed by atoms with van der Waals surface area (Å²) in [6.45, 7) is 4.96. The van der Waals surface area contributed by atoms with Crippen LogP contribution < -0.4 is 0 Å². The molecule has 0 spiro atoms. The van der Waals surface area contributed by atoms with E-state index in [-0.39, 0.29) is 5.78 Å². The van der Waals surface area contributed by atoms with Gasteiger partial charge in [-0.05, 0) is 98.5 Å². The molecular formula is C29H26Br2Cl2O3. The Hall–Kier alpha value is -1.79. The van der Waals surface area contributed by atoms with E-state index in [9.17, 15) is 0 Å². The number of hydrogen-bond acceptors (Lipinski definition) is 3. The van der Waals surface area contributed by atoms with Gasteiger partial charge in [-0.15, -0.1) is 0 Å². The van der Waals surface area contributed by atoms with Gasteiger partial charge < -0.3 is 9.47 Å². The van der Waals surface area contributed by atoms with Crippen LogP contribution in [-0.4, -0.2) is 19.0 Å². The molecule has 0 heterocycles. The molecule has 2 aliphatic rings. The summed E-state index contributed by atoms with van der Waals surface area (Å²) >= 11 is 20.7. The van der Waals surface area contributed by atoms with Gasteiger partial charge in [0.05, 0.1) is 24.0 Å². The number of rotatable bonds is 8. The molecule has 0 aliphatic heterocycles. The van der Waals surface area contributed by atoms with Crippen molar-refractivity contribution in [2.45, 2.75) is 37.5 Å². The van der Waals surface area contributed by atoms with Crippen LogP contribution in [-0.2, 0) is 25.1 Å². The largest absolute Gasteiger partial charge is 0.494 e. The Labute approximate surface area is 239 Å². The number of Topliss-reactive ketones (excluding diaryl/α,β-unsaturated/α-hetero) is 1. The summed E-state index contributed by atoms with van der Waals surface area (Å²) < 4.78 is 13.1. The zero-order valence-electron chi connectivity index (χ0n) is 20.0. The summed E-state index contributed by atoms with van der Waals surface area (Å²) in [5.41, 5.74) is -0.641. The van der Waals surface area contributed by atoms with Crippen LogP contribution in [0, 0.1) is 0 Å². The van der Waals surface area contributed by atoms with E-state index in [0.29, 0.717) is 36.1 Å². The molecule has 0 fully saturated rings. The average molecular weight is 653 g/mol. The maximum Gasteiger partial charge on any atom is 0.162 e. The van der Waals surface area contributed by atoms with E-state index in [1.807, 2.05) is 86.7 Å². The summed E-state index contributed by atoms with van der Waals surface area (Å²) in [6.07, 6.45) is 12.3. The molecule has 0 amide bonds. The van der Waals surface area contributed by atoms with Crippen molar-refractivity contribution in [3.63, 3.8) is 0 Å². The van der Waals surface area contributed by atoms with E-state index in [1.165, 1.54) is 0 Å². The predicted octanol–water partition coefficient (Wildman–Crippen LogP) is 9.02. The van der Waals surface area contributed by atoms with Gasteiger partial charge in [0, 0.05) is 19.0 Å². The molecule has 0 saturated carbocycles. The minimum Gasteiger partial charge on any atom is -0.494 e. The Morgan fingerprint density at radius 3 is 1.56 bits per heavy atom. The van der Waals surface area contributed by atoms with E-state index < -0.39 is 10.8 Å². The van der Waals surface area contributed by atoms with Gasteiger partial charge in [0.2, 0.25) is 0 Å². The van der Waals surface area contributed by atoms with Crippen molar-refractivity contribution in [2.75, 3.05) is 13.2 Å². The average Bonchev–Trinajstić information content (AvgIpc) is 2.88. The highest BCUT2D eigenvalue weighted by Gasteiger charge is 2.51. The first kappa shape index (κ1) is 27.3. The molecule has 0 saturated heterocycles. The Morgan fingerprint density at radius 1 is 0.806 bits per heavy atom. The smallest absolute Gasteiger partial charge is 0.162 e. The molecule has 2 aromatic rings. The Bertz CT molecular complexity index is 1200. The van der Waals surface area contributed by atoms with Crippen molar-refractivity contribution in [3.8, 4) is 0 Å². The number of halogens is 4. The van der Waals surface area contributed by atoms with E-state index in [2.05, 4.69) is 31.9 Å². The van der Waals surface area contributed by atoms with Crippen molar-refractivity contribution >= 4 is 60.8 Å². The van der Waals surface area contributed by atoms with E-state index in [4.69, 9.17) is 32.7 Å². The lowest BCUT2D eigenvalue weighted by Crippen LogP contribution is -2.48. The molecule has 2 atom stereocenters. The second kappa shape index (κ2) is 11.3. The molecule has 4 rings (SSSR count). The first-order valence-corrected chi connectivity index (χ1v) is 14.1. The van der Waals surface area contributed by atoms with Crippen molar-refractivity contribution in [1.29, 1.82) is 0 Å². The molecule has 3 nitrogen and oxygen atoms in total. The highest BCUT2D eigenvalue weighted by Crippen LogP contribution is 2.49. The number of carbonyl (C=O) groups is 1. The summed E-state index contributed by atoms with van der Waals surface area (Å²) in [6, 6.07) is 11.2. The lowest BCUT2D eigenvalue weighted by atomic mass is 9.59. The Balaban J connectivity index is 1.94. The summed E-state index contributed by atoms with van der Waals surface area (Å²) in [7, 11) is 0. The first-order valence-electron chi connectivity index (χ1n) is 11.8. The van der Waals surface area contributed by atoms with Gasteiger partial charge in [0.15, 0.2) is 5.78 Å². The molecule has 2 unspecified atom stereocenters. The summed E-state index contributed by atoms with van der Waals surface area (Å²) in [5, 5.41) is 1.04. The molecule has 0 aromatic heterocycles. The number of hydrogen-bond donors (Lipinski definition) is 0. The predicted molar refractivity (Wildman–Crippen MR) is 154 cm³/mol. The zero-order valence-corrected chi connectivity index (χ0v) is 24.7. The van der Waals surface area contributed by atoms with Gasteiger partial charge >= 0.3 is 0 Å². The van der Waals surface area contributed by atoms with Gasteiger partial charge in [-0.3, -0.25) is 4.79 Å². The third-order valence-electron chi connectivity index (χ3n) is 6.57. The Morgan fingerprint density at radius 2 is 1.22 bits per heavy atom. The highest BCUT2D eigenvalue weighted by atomic mass is 79.9. The fourth-order valence-corrected chi connectivity index (χ4v) is 6.14. The standard InChI is InChI=1S/C29H26Br2Cl2O3/c1-3-35-21-9-13-28(14-10-21,23-17-19(30)5-7-25(23)32)27(34)29(15-11-22(12-16-29)36-4-2)24-18-20(31)6-8-26(24)33/h5-13,15,17-18H,3-4,14,16H2,1-2H3. The molecule has 36 heavy (non-hydrogen) atoms. The van der Waals surface area contributed by atoms with E-state index in [0.717, 1.165) is 31.6 Å². The minimum absolute atomic E-state index is 0.0268. The summed E-state index contributed by atoms with van der Waals surface area (Å²) in [5.74, 6) is 1.44. The van der Waals surface area contributed by atoms with Crippen LogP contribution in [0.3, 0.4) is 0 Å². The third-order valence-corrected chi connectivity index (χ3v) is 8.21. The van der Waals surface area contributed by atoms with E-state index in [1.54, 1.807) is 0 Å². The fraction of sp³-hybridized carbons (Fsp3) is 0.276. The van der Waals surface area contributed by atoms with Gasteiger partial charge in [0.1, 0.15) is 11.5 Å². The topological polar surface area (TPSA) is 35.5 Å². The van der Waals surface area contributed by atoms with Gasteiger partial charge in [-0.1, -0.05) is 67.2 Å². The lowest BCUT2D eigenvalue weighted by molar-refractivity contribution is -0.127. The monoisotopic (exact) mass is 650 g/mol. The molecular weight excluding hydrogens is 627 g/mol. The minimum atomic E-state index is -1.05. The van der Waals surface area contributed by atoms with Crippen LogP contribution in [0.1, 0.15) is 37.8 Å². The van der Waals surface area contributed by atoms with Gasteiger partial charge in [-0.2, -0.15) is 0 Å². The quantitative estimate of drug-likeness (QED) is 0.286. The number of ether oxygens (including phenoxy) is 2.